The summed E-state index contributed by atoms with van der Waals surface area (Å²) in [5.74, 6) is -0.663. The van der Waals surface area contributed by atoms with E-state index in [0.717, 1.165) is 12.1 Å². The zero-order valence-corrected chi connectivity index (χ0v) is 11.3. The van der Waals surface area contributed by atoms with Crippen molar-refractivity contribution in [2.75, 3.05) is 12.8 Å². The van der Waals surface area contributed by atoms with Crippen molar-refractivity contribution < 1.29 is 18.1 Å². The number of nitro benzene ring substituents is 1. The average Bonchev–Trinajstić information content (AvgIpc) is 2.35. The summed E-state index contributed by atoms with van der Waals surface area (Å²) in [5, 5.41) is 13.1. The fraction of sp³-hybridized carbons (Fsp3) is 0.364. The number of rotatable bonds is 6. The van der Waals surface area contributed by atoms with Gasteiger partial charge in [0.05, 0.1) is 21.6 Å². The van der Waals surface area contributed by atoms with Gasteiger partial charge in [0.15, 0.2) is 9.84 Å². The summed E-state index contributed by atoms with van der Waals surface area (Å²) >= 11 is 0. The average molecular weight is 286 g/mol. The molecule has 0 aliphatic heterocycles. The first-order valence-corrected chi connectivity index (χ1v) is 7.08. The van der Waals surface area contributed by atoms with Crippen molar-refractivity contribution in [1.29, 1.82) is 0 Å². The molecule has 0 amide bonds. The molecule has 0 unspecified atom stereocenters. The molecule has 1 aromatic carbocycles. The predicted molar refractivity (Wildman–Crippen MR) is 68.7 cm³/mol. The minimum absolute atomic E-state index is 0.0420. The highest BCUT2D eigenvalue weighted by Crippen LogP contribution is 2.17. The van der Waals surface area contributed by atoms with Gasteiger partial charge in [-0.15, -0.1) is 0 Å². The number of carbonyl (C=O) groups is 1. The molecule has 1 atom stereocenters. The quantitative estimate of drug-likeness (QED) is 0.604. The molecule has 0 fully saturated rings. The number of sulfone groups is 1. The maximum absolute atomic E-state index is 12.0. The van der Waals surface area contributed by atoms with Crippen LogP contribution in [0, 0.1) is 10.1 Å². The van der Waals surface area contributed by atoms with Gasteiger partial charge in [0.25, 0.3) is 5.69 Å². The van der Waals surface area contributed by atoms with E-state index in [-0.39, 0.29) is 22.1 Å². The Morgan fingerprint density at radius 3 is 2.26 bits per heavy atom. The van der Waals surface area contributed by atoms with Crippen LogP contribution in [0.5, 0.6) is 0 Å². The minimum Gasteiger partial charge on any atom is -0.310 e. The molecule has 1 rings (SSSR count). The molecular formula is C11H14N2O5S. The van der Waals surface area contributed by atoms with Crippen molar-refractivity contribution in [2.24, 2.45) is 0 Å². The maximum Gasteiger partial charge on any atom is 0.269 e. The van der Waals surface area contributed by atoms with Crippen LogP contribution >= 0.6 is 0 Å². The molecule has 0 bridgehead atoms. The lowest BCUT2D eigenvalue weighted by molar-refractivity contribution is -0.384. The number of nitrogens with one attached hydrogen (secondary N) is 1. The zero-order chi connectivity index (χ0) is 14.6. The molecule has 0 aliphatic carbocycles. The molecule has 0 aliphatic rings. The van der Waals surface area contributed by atoms with Crippen LogP contribution in [0.15, 0.2) is 29.2 Å². The number of non-ortho nitro benzene ring substituents is 1. The molecule has 0 spiro atoms. The van der Waals surface area contributed by atoms with E-state index in [0.29, 0.717) is 0 Å². The molecule has 0 heterocycles. The van der Waals surface area contributed by atoms with E-state index in [9.17, 15) is 23.3 Å². The number of nitro groups is 1. The molecule has 8 heteroatoms. The first-order valence-electron chi connectivity index (χ1n) is 5.43. The highest BCUT2D eigenvalue weighted by molar-refractivity contribution is 7.91. The maximum atomic E-state index is 12.0. The Labute approximate surface area is 110 Å². The molecule has 0 aromatic heterocycles. The first kappa shape index (κ1) is 15.3. The van der Waals surface area contributed by atoms with Gasteiger partial charge in [-0.3, -0.25) is 14.9 Å². The van der Waals surface area contributed by atoms with Crippen molar-refractivity contribution in [1.82, 2.24) is 5.32 Å². The van der Waals surface area contributed by atoms with Crippen molar-refractivity contribution in [2.45, 2.75) is 17.9 Å². The molecule has 104 valence electrons. The van der Waals surface area contributed by atoms with Crippen LogP contribution in [-0.4, -0.2) is 38.0 Å². The summed E-state index contributed by atoms with van der Waals surface area (Å²) in [6, 6.07) is 3.78. The normalized spacial score (nSPS) is 12.9. The third-order valence-corrected chi connectivity index (χ3v) is 4.39. The van der Waals surface area contributed by atoms with E-state index >= 15 is 0 Å². The van der Waals surface area contributed by atoms with Crippen LogP contribution in [0.2, 0.25) is 0 Å². The van der Waals surface area contributed by atoms with E-state index in [1.165, 1.54) is 26.1 Å². The largest absolute Gasteiger partial charge is 0.310 e. The second-order valence-electron chi connectivity index (χ2n) is 3.98. The SMILES string of the molecule is CN[C@@H](CS(=O)(=O)c1ccc([N+](=O)[O-])cc1)C(C)=O. The Balaban J connectivity index is 3.00. The number of Topliss-reactive ketones (excluding diaryl/α,β-unsaturated/α-hetero) is 1. The lowest BCUT2D eigenvalue weighted by Gasteiger charge is -2.12. The molecule has 1 aromatic rings. The Kier molecular flexibility index (Phi) is 4.73. The Morgan fingerprint density at radius 1 is 1.37 bits per heavy atom. The van der Waals surface area contributed by atoms with Crippen LogP contribution in [0.3, 0.4) is 0 Å². The number of ketones is 1. The third kappa shape index (κ3) is 3.83. The summed E-state index contributed by atoms with van der Waals surface area (Å²) in [6.45, 7) is 1.30. The summed E-state index contributed by atoms with van der Waals surface area (Å²) in [6.07, 6.45) is 0. The van der Waals surface area contributed by atoms with Gasteiger partial charge in [0.1, 0.15) is 5.78 Å². The monoisotopic (exact) mass is 286 g/mol. The summed E-state index contributed by atoms with van der Waals surface area (Å²) in [4.78, 5) is 21.0. The number of benzene rings is 1. The molecule has 7 nitrogen and oxygen atoms in total. The van der Waals surface area contributed by atoms with Crippen LogP contribution in [-0.2, 0) is 14.6 Å². The Bertz CT molecular complexity index is 580. The molecule has 19 heavy (non-hydrogen) atoms. The van der Waals surface area contributed by atoms with Crippen molar-refractivity contribution in [3.8, 4) is 0 Å². The number of hydrogen-bond acceptors (Lipinski definition) is 6. The Hall–Kier alpha value is -1.80. The van der Waals surface area contributed by atoms with Crippen LogP contribution in [0.4, 0.5) is 5.69 Å². The second kappa shape index (κ2) is 5.89. The molecule has 0 radical (unpaired) electrons. The highest BCUT2D eigenvalue weighted by atomic mass is 32.2. The molecule has 0 saturated carbocycles. The van der Waals surface area contributed by atoms with E-state index in [2.05, 4.69) is 5.32 Å². The third-order valence-electron chi connectivity index (χ3n) is 2.63. The van der Waals surface area contributed by atoms with E-state index in [4.69, 9.17) is 0 Å². The molecule has 0 saturated heterocycles. The first-order chi connectivity index (χ1) is 8.77. The van der Waals surface area contributed by atoms with Gasteiger partial charge in [-0.05, 0) is 26.1 Å². The van der Waals surface area contributed by atoms with Gasteiger partial charge in [0, 0.05) is 12.1 Å². The number of likely N-dealkylation sites (N-methyl/N-ethyl adjacent to an activating group) is 1. The molecular weight excluding hydrogens is 272 g/mol. The van der Waals surface area contributed by atoms with Crippen molar-refractivity contribution in [3.63, 3.8) is 0 Å². The van der Waals surface area contributed by atoms with Crippen LogP contribution in [0.25, 0.3) is 0 Å². The van der Waals surface area contributed by atoms with Gasteiger partial charge < -0.3 is 5.32 Å². The Morgan fingerprint density at radius 2 is 1.89 bits per heavy atom. The summed E-state index contributed by atoms with van der Waals surface area (Å²) in [7, 11) is -2.17. The number of nitrogens with zero attached hydrogens (tertiary/aromatic N) is 1. The van der Waals surface area contributed by atoms with Gasteiger partial charge in [-0.25, -0.2) is 8.42 Å². The van der Waals surface area contributed by atoms with Gasteiger partial charge in [0.2, 0.25) is 0 Å². The van der Waals surface area contributed by atoms with Gasteiger partial charge in [-0.1, -0.05) is 0 Å². The van der Waals surface area contributed by atoms with Crippen LogP contribution < -0.4 is 5.32 Å². The standard InChI is InChI=1S/C11H14N2O5S/c1-8(14)11(12-2)7-19(17,18)10-5-3-9(4-6-10)13(15)16/h3-6,11-12H,7H2,1-2H3/t11-/m0/s1. The van der Waals surface area contributed by atoms with E-state index in [1.807, 2.05) is 0 Å². The summed E-state index contributed by atoms with van der Waals surface area (Å²) < 4.78 is 24.1. The van der Waals surface area contributed by atoms with Gasteiger partial charge in [-0.2, -0.15) is 0 Å². The summed E-state index contributed by atoms with van der Waals surface area (Å²) in [5.41, 5.74) is -0.185. The fourth-order valence-corrected chi connectivity index (χ4v) is 3.08. The fourth-order valence-electron chi connectivity index (χ4n) is 1.49. The van der Waals surface area contributed by atoms with Gasteiger partial charge >= 0.3 is 0 Å². The lowest BCUT2D eigenvalue weighted by Crippen LogP contribution is -2.38. The second-order valence-corrected chi connectivity index (χ2v) is 6.02. The van der Waals surface area contributed by atoms with E-state index < -0.39 is 20.8 Å². The number of carbonyl (C=O) groups excluding carboxylic acids is 1. The lowest BCUT2D eigenvalue weighted by atomic mass is 10.2. The smallest absolute Gasteiger partial charge is 0.269 e. The molecule has 1 N–H and O–H groups in total. The van der Waals surface area contributed by atoms with Crippen molar-refractivity contribution >= 4 is 21.3 Å². The minimum atomic E-state index is -3.67. The highest BCUT2D eigenvalue weighted by Gasteiger charge is 2.23. The topological polar surface area (TPSA) is 106 Å². The predicted octanol–water partition coefficient (Wildman–Crippen LogP) is 0.545. The zero-order valence-electron chi connectivity index (χ0n) is 10.5. The van der Waals surface area contributed by atoms with Crippen molar-refractivity contribution in [3.05, 3.63) is 34.4 Å². The number of hydrogen-bond donors (Lipinski definition) is 1. The van der Waals surface area contributed by atoms with Crippen LogP contribution in [0.1, 0.15) is 6.92 Å². The van der Waals surface area contributed by atoms with E-state index in [1.54, 1.807) is 0 Å².